The molecule has 0 spiro atoms. The van der Waals surface area contributed by atoms with E-state index in [1.807, 2.05) is 18.2 Å². The molecule has 5 nitrogen and oxygen atoms in total. The number of amides is 1. The minimum absolute atomic E-state index is 0. The molecular formula is C19H31IN4O. The van der Waals surface area contributed by atoms with Gasteiger partial charge in [-0.3, -0.25) is 9.79 Å². The van der Waals surface area contributed by atoms with Crippen molar-refractivity contribution in [3.63, 3.8) is 0 Å². The highest BCUT2D eigenvalue weighted by Gasteiger charge is 2.24. The first-order valence-electron chi connectivity index (χ1n) is 9.15. The molecule has 25 heavy (non-hydrogen) atoms. The minimum Gasteiger partial charge on any atom is -0.357 e. The van der Waals surface area contributed by atoms with E-state index in [4.69, 9.17) is 4.99 Å². The lowest BCUT2D eigenvalue weighted by Gasteiger charge is -2.24. The van der Waals surface area contributed by atoms with Crippen LogP contribution in [0.2, 0.25) is 0 Å². The molecule has 1 aliphatic heterocycles. The van der Waals surface area contributed by atoms with Gasteiger partial charge in [0, 0.05) is 31.1 Å². The van der Waals surface area contributed by atoms with Crippen molar-refractivity contribution in [2.24, 2.45) is 4.99 Å². The summed E-state index contributed by atoms with van der Waals surface area (Å²) in [7, 11) is 0. The fourth-order valence-corrected chi connectivity index (χ4v) is 2.97. The van der Waals surface area contributed by atoms with Crippen LogP contribution in [0.5, 0.6) is 0 Å². The smallest absolute Gasteiger partial charge is 0.225 e. The van der Waals surface area contributed by atoms with E-state index in [0.29, 0.717) is 13.0 Å². The number of rotatable bonds is 8. The summed E-state index contributed by atoms with van der Waals surface area (Å²) in [5.41, 5.74) is 2.10. The highest BCUT2D eigenvalue weighted by molar-refractivity contribution is 14.0. The van der Waals surface area contributed by atoms with E-state index in [-0.39, 0.29) is 35.8 Å². The number of carbonyl (C=O) groups excluding carboxylic acids is 1. The second-order valence-corrected chi connectivity index (χ2v) is 6.24. The molecule has 1 aromatic carbocycles. The fourth-order valence-electron chi connectivity index (χ4n) is 2.97. The maximum absolute atomic E-state index is 11.9. The van der Waals surface area contributed by atoms with Crippen molar-refractivity contribution in [2.45, 2.75) is 51.9 Å². The van der Waals surface area contributed by atoms with Gasteiger partial charge < -0.3 is 16.0 Å². The van der Waals surface area contributed by atoms with E-state index in [9.17, 15) is 4.79 Å². The first-order valence-corrected chi connectivity index (χ1v) is 9.15. The second kappa shape index (κ2) is 12.1. The first kappa shape index (κ1) is 21.7. The van der Waals surface area contributed by atoms with Gasteiger partial charge in [-0.25, -0.2) is 0 Å². The highest BCUT2D eigenvalue weighted by atomic mass is 127. The fraction of sp³-hybridized carbons (Fsp3) is 0.579. The van der Waals surface area contributed by atoms with Gasteiger partial charge in [-0.15, -0.1) is 24.0 Å². The van der Waals surface area contributed by atoms with Crippen molar-refractivity contribution >= 4 is 41.5 Å². The predicted octanol–water partition coefficient (Wildman–Crippen LogP) is 3.87. The Morgan fingerprint density at radius 2 is 2.00 bits per heavy atom. The maximum Gasteiger partial charge on any atom is 0.225 e. The molecule has 1 heterocycles. The summed E-state index contributed by atoms with van der Waals surface area (Å²) in [5.74, 6) is 1.06. The molecule has 3 N–H and O–H groups in total. The van der Waals surface area contributed by atoms with E-state index >= 15 is 0 Å². The summed E-state index contributed by atoms with van der Waals surface area (Å²) in [6.07, 6.45) is 5.43. The Morgan fingerprint density at radius 1 is 1.20 bits per heavy atom. The molecule has 2 rings (SSSR count). The quantitative estimate of drug-likeness (QED) is 0.240. The number of para-hydroxylation sites is 1. The second-order valence-electron chi connectivity index (χ2n) is 6.24. The zero-order valence-corrected chi connectivity index (χ0v) is 17.6. The zero-order chi connectivity index (χ0) is 17.2. The van der Waals surface area contributed by atoms with Gasteiger partial charge in [0.25, 0.3) is 0 Å². The van der Waals surface area contributed by atoms with Crippen LogP contribution in [0.3, 0.4) is 0 Å². The van der Waals surface area contributed by atoms with Crippen LogP contribution < -0.4 is 16.0 Å². The average molecular weight is 458 g/mol. The van der Waals surface area contributed by atoms with E-state index < -0.39 is 0 Å². The van der Waals surface area contributed by atoms with Gasteiger partial charge in [-0.05, 0) is 25.0 Å². The van der Waals surface area contributed by atoms with Crippen LogP contribution in [0.25, 0.3) is 0 Å². The van der Waals surface area contributed by atoms with Crippen LogP contribution in [-0.2, 0) is 4.79 Å². The zero-order valence-electron chi connectivity index (χ0n) is 15.3. The number of carbonyl (C=O) groups is 1. The van der Waals surface area contributed by atoms with Crippen molar-refractivity contribution in [2.75, 3.05) is 25.0 Å². The van der Waals surface area contributed by atoms with Crippen LogP contribution >= 0.6 is 24.0 Å². The number of hydrogen-bond acceptors (Lipinski definition) is 2. The molecular weight excluding hydrogens is 427 g/mol. The lowest BCUT2D eigenvalue weighted by atomic mass is 9.91. The van der Waals surface area contributed by atoms with Crippen molar-refractivity contribution < 1.29 is 4.79 Å². The predicted molar refractivity (Wildman–Crippen MR) is 116 cm³/mol. The molecule has 140 valence electrons. The first-order chi connectivity index (χ1) is 11.7. The van der Waals surface area contributed by atoms with Crippen molar-refractivity contribution in [3.05, 3.63) is 29.8 Å². The molecule has 1 atom stereocenters. The number of halogens is 1. The molecule has 0 saturated heterocycles. The summed E-state index contributed by atoms with van der Waals surface area (Å²) in [6, 6.07) is 8.01. The number of guanidine groups is 1. The molecule has 6 heteroatoms. The number of hydrogen-bond donors (Lipinski definition) is 3. The Bertz CT molecular complexity index is 562. The third-order valence-electron chi connectivity index (χ3n) is 4.24. The number of anilines is 1. The third kappa shape index (κ3) is 7.22. The number of fused-ring (bicyclic) bond motifs is 1. The molecule has 0 saturated carbocycles. The Kier molecular flexibility index (Phi) is 10.5. The normalized spacial score (nSPS) is 16.5. The summed E-state index contributed by atoms with van der Waals surface area (Å²) < 4.78 is 0. The largest absolute Gasteiger partial charge is 0.357 e. The van der Waals surface area contributed by atoms with E-state index in [0.717, 1.165) is 31.2 Å². The van der Waals surface area contributed by atoms with Crippen molar-refractivity contribution in [3.8, 4) is 0 Å². The van der Waals surface area contributed by atoms with Crippen LogP contribution in [0.1, 0.15) is 57.4 Å². The van der Waals surface area contributed by atoms with Crippen LogP contribution in [-0.4, -0.2) is 31.5 Å². The van der Waals surface area contributed by atoms with Gasteiger partial charge >= 0.3 is 0 Å². The standard InChI is InChI=1S/C19H30N4O.HI/c1-3-5-6-9-12-21-19(20-4-2)22-14-15-13-18(24)23-17-11-8-7-10-16(15)17;/h7-8,10-11,15H,3-6,9,12-14H2,1-2H3,(H,23,24)(H2,20,21,22);1H. The Hall–Kier alpha value is -1.31. The average Bonchev–Trinajstić information content (AvgIpc) is 2.59. The number of aliphatic imine (C=N–C) groups is 1. The molecule has 0 aromatic heterocycles. The van der Waals surface area contributed by atoms with Gasteiger partial charge in [0.05, 0.1) is 6.54 Å². The summed E-state index contributed by atoms with van der Waals surface area (Å²) in [6.45, 7) is 6.68. The molecule has 0 aliphatic carbocycles. The highest BCUT2D eigenvalue weighted by Crippen LogP contribution is 2.31. The minimum atomic E-state index is 0. The molecule has 1 aromatic rings. The van der Waals surface area contributed by atoms with Crippen LogP contribution in [0, 0.1) is 0 Å². The van der Waals surface area contributed by atoms with E-state index in [1.165, 1.54) is 24.8 Å². The molecule has 0 radical (unpaired) electrons. The molecule has 1 unspecified atom stereocenters. The molecule has 1 aliphatic rings. The van der Waals surface area contributed by atoms with Crippen molar-refractivity contribution in [1.29, 1.82) is 0 Å². The summed E-state index contributed by atoms with van der Waals surface area (Å²) in [5, 5.41) is 9.62. The van der Waals surface area contributed by atoms with Crippen LogP contribution in [0.15, 0.2) is 29.3 Å². The maximum atomic E-state index is 11.9. The number of unbranched alkanes of at least 4 members (excludes halogenated alkanes) is 3. The molecule has 0 fully saturated rings. The monoisotopic (exact) mass is 458 g/mol. The van der Waals surface area contributed by atoms with E-state index in [2.05, 4.69) is 35.9 Å². The van der Waals surface area contributed by atoms with Gasteiger partial charge in [0.1, 0.15) is 0 Å². The molecule has 0 bridgehead atoms. The van der Waals surface area contributed by atoms with Gasteiger partial charge in [-0.1, -0.05) is 44.4 Å². The van der Waals surface area contributed by atoms with Gasteiger partial charge in [0.15, 0.2) is 5.96 Å². The number of nitrogens with one attached hydrogen (secondary N) is 3. The van der Waals surface area contributed by atoms with Gasteiger partial charge in [0.2, 0.25) is 5.91 Å². The van der Waals surface area contributed by atoms with Crippen LogP contribution in [0.4, 0.5) is 5.69 Å². The Labute approximate surface area is 168 Å². The lowest BCUT2D eigenvalue weighted by Crippen LogP contribution is -2.38. The summed E-state index contributed by atoms with van der Waals surface area (Å²) in [4.78, 5) is 16.6. The topological polar surface area (TPSA) is 65.5 Å². The van der Waals surface area contributed by atoms with Crippen molar-refractivity contribution in [1.82, 2.24) is 10.6 Å². The number of benzene rings is 1. The van der Waals surface area contributed by atoms with E-state index in [1.54, 1.807) is 0 Å². The SMILES string of the molecule is CCCCCCNC(=NCC1CC(=O)Nc2ccccc21)NCC.I. The molecule has 1 amide bonds. The number of nitrogens with zero attached hydrogens (tertiary/aromatic N) is 1. The summed E-state index contributed by atoms with van der Waals surface area (Å²) >= 11 is 0. The lowest BCUT2D eigenvalue weighted by molar-refractivity contribution is -0.116. The Balaban J connectivity index is 0.00000312. The third-order valence-corrected chi connectivity index (χ3v) is 4.24. The van der Waals surface area contributed by atoms with Gasteiger partial charge in [-0.2, -0.15) is 0 Å². The Morgan fingerprint density at radius 3 is 2.76 bits per heavy atom.